The van der Waals surface area contributed by atoms with E-state index in [0.717, 1.165) is 22.2 Å². The summed E-state index contributed by atoms with van der Waals surface area (Å²) in [6, 6.07) is 19.5. The summed E-state index contributed by atoms with van der Waals surface area (Å²) in [6.45, 7) is 1.07. The predicted octanol–water partition coefficient (Wildman–Crippen LogP) is 4.52. The van der Waals surface area contributed by atoms with Crippen LogP contribution in [-0.4, -0.2) is 23.2 Å². The molecule has 0 saturated carbocycles. The minimum absolute atomic E-state index is 0.287. The summed E-state index contributed by atoms with van der Waals surface area (Å²) in [4.78, 5) is 8.42. The van der Waals surface area contributed by atoms with Crippen LogP contribution in [0.2, 0.25) is 0 Å². The van der Waals surface area contributed by atoms with Gasteiger partial charge in [-0.3, -0.25) is 0 Å². The van der Waals surface area contributed by atoms with Crippen molar-refractivity contribution in [1.29, 1.82) is 0 Å². The molecule has 3 aromatic carbocycles. The fraction of sp³-hybridized carbons (Fsp3) is 0.0909. The fourth-order valence-electron chi connectivity index (χ4n) is 3.16. The lowest BCUT2D eigenvalue weighted by Crippen LogP contribution is -2.15. The number of hydrogen-bond donors (Lipinski definition) is 2. The molecular formula is C22H18N4O3. The van der Waals surface area contributed by atoms with Gasteiger partial charge in [0.1, 0.15) is 31.0 Å². The Morgan fingerprint density at radius 2 is 1.69 bits per heavy atom. The zero-order valence-electron chi connectivity index (χ0n) is 15.5. The third kappa shape index (κ3) is 3.45. The van der Waals surface area contributed by atoms with E-state index < -0.39 is 0 Å². The molecular weight excluding hydrogens is 368 g/mol. The minimum Gasteiger partial charge on any atom is -0.486 e. The summed E-state index contributed by atoms with van der Waals surface area (Å²) in [5.74, 6) is 2.79. The Labute approximate surface area is 167 Å². The number of benzene rings is 3. The molecule has 7 nitrogen and oxygen atoms in total. The molecule has 0 bridgehead atoms. The molecule has 5 rings (SSSR count). The first-order chi connectivity index (χ1) is 14.3. The highest BCUT2D eigenvalue weighted by Crippen LogP contribution is 2.36. The molecule has 29 heavy (non-hydrogen) atoms. The first kappa shape index (κ1) is 17.1. The fourth-order valence-corrected chi connectivity index (χ4v) is 3.16. The van der Waals surface area contributed by atoms with Gasteiger partial charge in [-0.2, -0.15) is 4.98 Å². The molecule has 1 aliphatic heterocycles. The predicted molar refractivity (Wildman–Crippen MR) is 111 cm³/mol. The molecule has 0 fully saturated rings. The van der Waals surface area contributed by atoms with Crippen molar-refractivity contribution in [3.63, 3.8) is 0 Å². The van der Waals surface area contributed by atoms with Gasteiger partial charge in [0.15, 0.2) is 17.3 Å². The van der Waals surface area contributed by atoms with Gasteiger partial charge in [0, 0.05) is 11.8 Å². The third-order valence-electron chi connectivity index (χ3n) is 4.59. The number of aromatic nitrogens is 2. The molecule has 0 amide bonds. The second-order valence-electron chi connectivity index (χ2n) is 6.54. The third-order valence-corrected chi connectivity index (χ3v) is 4.59. The van der Waals surface area contributed by atoms with Crippen LogP contribution in [-0.2, 0) is 0 Å². The van der Waals surface area contributed by atoms with Gasteiger partial charge in [0.2, 0.25) is 5.88 Å². The van der Waals surface area contributed by atoms with E-state index in [2.05, 4.69) is 15.3 Å². The van der Waals surface area contributed by atoms with E-state index in [-0.39, 0.29) is 5.88 Å². The van der Waals surface area contributed by atoms with E-state index in [0.29, 0.717) is 36.2 Å². The molecule has 0 spiro atoms. The van der Waals surface area contributed by atoms with Crippen LogP contribution in [0.1, 0.15) is 0 Å². The Kier molecular flexibility index (Phi) is 4.25. The van der Waals surface area contributed by atoms with Crippen LogP contribution < -0.4 is 25.3 Å². The van der Waals surface area contributed by atoms with Crippen molar-refractivity contribution in [2.75, 3.05) is 24.3 Å². The molecule has 4 aromatic rings. The second-order valence-corrected chi connectivity index (χ2v) is 6.54. The van der Waals surface area contributed by atoms with Crippen LogP contribution in [0.25, 0.3) is 10.8 Å². The van der Waals surface area contributed by atoms with Crippen LogP contribution in [0, 0.1) is 0 Å². The Morgan fingerprint density at radius 3 is 2.59 bits per heavy atom. The normalized spacial score (nSPS) is 12.6. The summed E-state index contributed by atoms with van der Waals surface area (Å²) in [7, 11) is 0. The zero-order chi connectivity index (χ0) is 19.6. The van der Waals surface area contributed by atoms with E-state index in [1.807, 2.05) is 60.7 Å². The Bertz CT molecular complexity index is 1200. The molecule has 1 aromatic heterocycles. The van der Waals surface area contributed by atoms with E-state index in [1.54, 1.807) is 0 Å². The van der Waals surface area contributed by atoms with Crippen molar-refractivity contribution < 1.29 is 14.2 Å². The van der Waals surface area contributed by atoms with Crippen molar-refractivity contribution in [2.24, 2.45) is 0 Å². The minimum atomic E-state index is 0.287. The van der Waals surface area contributed by atoms with Gasteiger partial charge in [-0.1, -0.05) is 30.3 Å². The average Bonchev–Trinajstić information content (AvgIpc) is 2.76. The molecule has 0 unspecified atom stereocenters. The number of nitrogen functional groups attached to an aromatic ring is 1. The van der Waals surface area contributed by atoms with Crippen molar-refractivity contribution in [1.82, 2.24) is 9.97 Å². The quantitative estimate of drug-likeness (QED) is 0.533. The highest BCUT2D eigenvalue weighted by atomic mass is 16.6. The van der Waals surface area contributed by atoms with Gasteiger partial charge < -0.3 is 25.3 Å². The zero-order valence-corrected chi connectivity index (χ0v) is 15.5. The molecule has 3 N–H and O–H groups in total. The van der Waals surface area contributed by atoms with Gasteiger partial charge in [-0.05, 0) is 35.0 Å². The number of fused-ring (bicyclic) bond motifs is 2. The first-order valence-electron chi connectivity index (χ1n) is 9.20. The van der Waals surface area contributed by atoms with Crippen LogP contribution in [0.3, 0.4) is 0 Å². The highest BCUT2D eigenvalue weighted by Gasteiger charge is 2.14. The highest BCUT2D eigenvalue weighted by molar-refractivity contribution is 5.84. The largest absolute Gasteiger partial charge is 0.486 e. The lowest BCUT2D eigenvalue weighted by atomic mass is 10.1. The van der Waals surface area contributed by atoms with Crippen molar-refractivity contribution in [3.05, 3.63) is 67.0 Å². The monoisotopic (exact) mass is 386 g/mol. The van der Waals surface area contributed by atoms with Gasteiger partial charge in [-0.15, -0.1) is 0 Å². The van der Waals surface area contributed by atoms with E-state index in [4.69, 9.17) is 19.9 Å². The smallest absolute Gasteiger partial charge is 0.248 e. The van der Waals surface area contributed by atoms with Gasteiger partial charge >= 0.3 is 0 Å². The number of nitrogens with zero attached hydrogens (tertiary/aromatic N) is 2. The van der Waals surface area contributed by atoms with Crippen molar-refractivity contribution in [3.8, 4) is 23.1 Å². The topological polar surface area (TPSA) is 91.5 Å². The van der Waals surface area contributed by atoms with Crippen LogP contribution in [0.5, 0.6) is 23.1 Å². The SMILES string of the molecule is Nc1c(Nc2ccc3c(c2)OCCO3)ncnc1Oc1ccc2ccccc2c1. The van der Waals surface area contributed by atoms with Crippen molar-refractivity contribution >= 4 is 28.0 Å². The molecule has 0 radical (unpaired) electrons. The maximum atomic E-state index is 6.26. The molecule has 1 aliphatic rings. The number of anilines is 3. The first-order valence-corrected chi connectivity index (χ1v) is 9.20. The number of ether oxygens (including phenoxy) is 3. The van der Waals surface area contributed by atoms with E-state index in [9.17, 15) is 0 Å². The van der Waals surface area contributed by atoms with Crippen LogP contribution in [0.15, 0.2) is 67.0 Å². The average molecular weight is 386 g/mol. The Morgan fingerprint density at radius 1 is 0.862 bits per heavy atom. The lowest BCUT2D eigenvalue weighted by molar-refractivity contribution is 0.171. The summed E-state index contributed by atoms with van der Waals surface area (Å²) < 4.78 is 17.1. The maximum absolute atomic E-state index is 6.26. The number of hydrogen-bond acceptors (Lipinski definition) is 7. The van der Waals surface area contributed by atoms with Crippen LogP contribution in [0.4, 0.5) is 17.2 Å². The van der Waals surface area contributed by atoms with E-state index in [1.165, 1.54) is 6.33 Å². The molecule has 144 valence electrons. The summed E-state index contributed by atoms with van der Waals surface area (Å²) in [6.07, 6.45) is 1.41. The molecule has 0 aliphatic carbocycles. The van der Waals surface area contributed by atoms with E-state index >= 15 is 0 Å². The number of rotatable bonds is 4. The van der Waals surface area contributed by atoms with Gasteiger partial charge in [0.05, 0.1) is 0 Å². The summed E-state index contributed by atoms with van der Waals surface area (Å²) >= 11 is 0. The summed E-state index contributed by atoms with van der Waals surface area (Å²) in [5.41, 5.74) is 7.35. The summed E-state index contributed by atoms with van der Waals surface area (Å²) in [5, 5.41) is 5.40. The van der Waals surface area contributed by atoms with Crippen LogP contribution >= 0.6 is 0 Å². The Hall–Kier alpha value is -4.00. The lowest BCUT2D eigenvalue weighted by Gasteiger charge is -2.19. The molecule has 2 heterocycles. The maximum Gasteiger partial charge on any atom is 0.248 e. The standard InChI is InChI=1S/C22H18N4O3/c23-20-21(26-16-6-8-18-19(12-16)28-10-9-27-18)24-13-25-22(20)29-17-7-5-14-3-1-2-4-15(14)11-17/h1-8,11-13H,9-10,23H2,(H,24,25,26). The second kappa shape index (κ2) is 7.20. The number of nitrogens with two attached hydrogens (primary N) is 1. The number of nitrogens with one attached hydrogen (secondary N) is 1. The molecule has 0 saturated heterocycles. The van der Waals surface area contributed by atoms with Gasteiger partial charge in [-0.25, -0.2) is 4.98 Å². The van der Waals surface area contributed by atoms with Crippen molar-refractivity contribution in [2.45, 2.75) is 0 Å². The van der Waals surface area contributed by atoms with Gasteiger partial charge in [0.25, 0.3) is 0 Å². The Balaban J connectivity index is 1.40. The molecule has 0 atom stereocenters. The molecule has 7 heteroatoms.